The van der Waals surface area contributed by atoms with Crippen molar-refractivity contribution in [2.45, 2.75) is 23.8 Å². The molecular weight excluding hydrogens is 366 g/mol. The normalized spacial score (nSPS) is 16.5. The van der Waals surface area contributed by atoms with Crippen LogP contribution in [0.4, 0.5) is 11.4 Å². The largest absolute Gasteiger partial charge is 0.381 e. The zero-order valence-electron chi connectivity index (χ0n) is 14.8. The van der Waals surface area contributed by atoms with Crippen LogP contribution in [0, 0.1) is 5.92 Å². The van der Waals surface area contributed by atoms with E-state index in [-0.39, 0.29) is 16.7 Å². The van der Waals surface area contributed by atoms with Crippen molar-refractivity contribution in [3.05, 3.63) is 54.6 Å². The molecule has 2 aromatic rings. The Labute approximate surface area is 159 Å². The fourth-order valence-electron chi connectivity index (χ4n) is 2.95. The van der Waals surface area contributed by atoms with E-state index in [0.717, 1.165) is 12.8 Å². The lowest BCUT2D eigenvalue weighted by Gasteiger charge is -2.26. The van der Waals surface area contributed by atoms with Crippen LogP contribution in [0.25, 0.3) is 0 Å². The minimum Gasteiger partial charge on any atom is -0.381 e. The predicted molar refractivity (Wildman–Crippen MR) is 104 cm³/mol. The van der Waals surface area contributed by atoms with E-state index in [0.29, 0.717) is 24.6 Å². The van der Waals surface area contributed by atoms with Crippen molar-refractivity contribution in [1.82, 2.24) is 0 Å². The summed E-state index contributed by atoms with van der Waals surface area (Å²) in [5, 5.41) is 2.75. The number of hydrogen-bond donors (Lipinski definition) is 3. The molecule has 1 aliphatic heterocycles. The number of carbonyl (C=O) groups excluding carboxylic acids is 1. The van der Waals surface area contributed by atoms with Crippen LogP contribution in [0.5, 0.6) is 0 Å². The van der Waals surface area contributed by atoms with Gasteiger partial charge in [0, 0.05) is 24.6 Å². The van der Waals surface area contributed by atoms with Gasteiger partial charge in [0.05, 0.1) is 10.9 Å². The molecule has 1 atom stereocenters. The summed E-state index contributed by atoms with van der Waals surface area (Å²) in [5.74, 6) is -0.187. The molecule has 4 N–H and O–H groups in total. The highest BCUT2D eigenvalue weighted by atomic mass is 32.2. The van der Waals surface area contributed by atoms with Crippen molar-refractivity contribution < 1.29 is 17.9 Å². The van der Waals surface area contributed by atoms with Crippen LogP contribution in [0.15, 0.2) is 59.5 Å². The monoisotopic (exact) mass is 389 g/mol. The summed E-state index contributed by atoms with van der Waals surface area (Å²) in [6, 6.07) is 14.0. The molecule has 0 radical (unpaired) electrons. The molecule has 1 unspecified atom stereocenters. The molecule has 1 heterocycles. The number of carbonyl (C=O) groups is 1. The van der Waals surface area contributed by atoms with Crippen molar-refractivity contribution in [3.63, 3.8) is 0 Å². The molecule has 144 valence electrons. The molecule has 0 aromatic heterocycles. The minimum absolute atomic E-state index is 0.0912. The molecule has 0 bridgehead atoms. The van der Waals surface area contributed by atoms with Gasteiger partial charge in [-0.15, -0.1) is 0 Å². The summed E-state index contributed by atoms with van der Waals surface area (Å²) < 4.78 is 32.6. The molecule has 1 amide bonds. The third kappa shape index (κ3) is 5.06. The molecule has 7 nitrogen and oxygen atoms in total. The first-order valence-corrected chi connectivity index (χ1v) is 10.3. The molecule has 1 fully saturated rings. The van der Waals surface area contributed by atoms with Gasteiger partial charge in [0.1, 0.15) is 0 Å². The van der Waals surface area contributed by atoms with Gasteiger partial charge in [0.15, 0.2) is 0 Å². The zero-order valence-corrected chi connectivity index (χ0v) is 15.6. The second-order valence-electron chi connectivity index (χ2n) is 6.46. The fourth-order valence-corrected chi connectivity index (χ4v) is 4.01. The number of hydrogen-bond acceptors (Lipinski definition) is 5. The maximum atomic E-state index is 12.4. The fraction of sp³-hybridized carbons (Fsp3) is 0.316. The van der Waals surface area contributed by atoms with Crippen molar-refractivity contribution in [2.24, 2.45) is 11.7 Å². The molecule has 8 heteroatoms. The highest BCUT2D eigenvalue weighted by Gasteiger charge is 2.26. The van der Waals surface area contributed by atoms with E-state index in [4.69, 9.17) is 10.5 Å². The van der Waals surface area contributed by atoms with Gasteiger partial charge in [-0.1, -0.05) is 18.2 Å². The number of nitrogens with two attached hydrogens (primary N) is 1. The van der Waals surface area contributed by atoms with Crippen molar-refractivity contribution in [2.75, 3.05) is 23.3 Å². The summed E-state index contributed by atoms with van der Waals surface area (Å²) in [5.41, 5.74) is 7.04. The Morgan fingerprint density at radius 2 is 1.63 bits per heavy atom. The highest BCUT2D eigenvalue weighted by Crippen LogP contribution is 2.21. The Hall–Kier alpha value is -2.42. The Morgan fingerprint density at radius 3 is 2.26 bits per heavy atom. The van der Waals surface area contributed by atoms with Crippen LogP contribution in [-0.4, -0.2) is 33.6 Å². The maximum absolute atomic E-state index is 12.4. The van der Waals surface area contributed by atoms with Crippen LogP contribution in [0.3, 0.4) is 0 Å². The molecule has 3 rings (SSSR count). The number of rotatable bonds is 6. The molecule has 0 saturated carbocycles. The summed E-state index contributed by atoms with van der Waals surface area (Å²) in [6.07, 6.45) is 1.52. The summed E-state index contributed by atoms with van der Waals surface area (Å²) in [4.78, 5) is 12.4. The van der Waals surface area contributed by atoms with E-state index in [9.17, 15) is 13.2 Å². The number of nitrogens with one attached hydrogen (secondary N) is 2. The van der Waals surface area contributed by atoms with E-state index in [2.05, 4.69) is 10.0 Å². The lowest BCUT2D eigenvalue weighted by Crippen LogP contribution is -2.44. The molecule has 27 heavy (non-hydrogen) atoms. The highest BCUT2D eigenvalue weighted by molar-refractivity contribution is 7.92. The third-order valence-corrected chi connectivity index (χ3v) is 5.93. The lowest BCUT2D eigenvalue weighted by molar-refractivity contribution is -0.119. The standard InChI is InChI=1S/C19H23N3O4S/c20-18(14-10-12-26-13-11-14)19(23)21-15-6-8-17(9-7-15)27(24,25)22-16-4-2-1-3-5-16/h1-9,14,18,22H,10-13,20H2,(H,21,23). The molecule has 1 aliphatic rings. The van der Waals surface area contributed by atoms with Gasteiger partial charge in [-0.05, 0) is 55.2 Å². The number of anilines is 2. The zero-order chi connectivity index (χ0) is 19.3. The quantitative estimate of drug-likeness (QED) is 0.701. The van der Waals surface area contributed by atoms with Gasteiger partial charge < -0.3 is 15.8 Å². The second kappa shape index (κ2) is 8.51. The van der Waals surface area contributed by atoms with Gasteiger partial charge in [-0.2, -0.15) is 0 Å². The Morgan fingerprint density at radius 1 is 1.00 bits per heavy atom. The maximum Gasteiger partial charge on any atom is 0.261 e. The second-order valence-corrected chi connectivity index (χ2v) is 8.14. The smallest absolute Gasteiger partial charge is 0.261 e. The van der Waals surface area contributed by atoms with Crippen LogP contribution in [0.2, 0.25) is 0 Å². The number of benzene rings is 2. The Balaban J connectivity index is 1.63. The van der Waals surface area contributed by atoms with E-state index in [1.165, 1.54) is 12.1 Å². The van der Waals surface area contributed by atoms with E-state index >= 15 is 0 Å². The number of para-hydroxylation sites is 1. The van der Waals surface area contributed by atoms with E-state index in [1.54, 1.807) is 42.5 Å². The van der Waals surface area contributed by atoms with Gasteiger partial charge in [0.25, 0.3) is 10.0 Å². The molecule has 1 saturated heterocycles. The van der Waals surface area contributed by atoms with Gasteiger partial charge in [-0.3, -0.25) is 9.52 Å². The SMILES string of the molecule is NC(C(=O)Nc1ccc(S(=O)(=O)Nc2ccccc2)cc1)C1CCOCC1. The Bertz CT molecular complexity index is 864. The summed E-state index contributed by atoms with van der Waals surface area (Å²) in [6.45, 7) is 1.24. The molecule has 0 aliphatic carbocycles. The number of ether oxygens (including phenoxy) is 1. The minimum atomic E-state index is -3.69. The average Bonchev–Trinajstić information content (AvgIpc) is 2.69. The average molecular weight is 389 g/mol. The first-order chi connectivity index (χ1) is 13.0. The molecule has 2 aromatic carbocycles. The third-order valence-electron chi connectivity index (χ3n) is 4.53. The number of sulfonamides is 1. The molecular formula is C19H23N3O4S. The van der Waals surface area contributed by atoms with Crippen molar-refractivity contribution in [3.8, 4) is 0 Å². The van der Waals surface area contributed by atoms with Gasteiger partial charge >= 0.3 is 0 Å². The van der Waals surface area contributed by atoms with Gasteiger partial charge in [0.2, 0.25) is 5.91 Å². The summed E-state index contributed by atoms with van der Waals surface area (Å²) >= 11 is 0. The topological polar surface area (TPSA) is 111 Å². The van der Waals surface area contributed by atoms with Crippen LogP contribution in [0.1, 0.15) is 12.8 Å². The predicted octanol–water partition coefficient (Wildman–Crippen LogP) is 2.18. The van der Waals surface area contributed by atoms with Crippen molar-refractivity contribution >= 4 is 27.3 Å². The van der Waals surface area contributed by atoms with Crippen LogP contribution >= 0.6 is 0 Å². The van der Waals surface area contributed by atoms with Crippen LogP contribution < -0.4 is 15.8 Å². The first-order valence-electron chi connectivity index (χ1n) is 8.78. The Kier molecular flexibility index (Phi) is 6.10. The van der Waals surface area contributed by atoms with Crippen LogP contribution in [-0.2, 0) is 19.6 Å². The molecule has 0 spiro atoms. The first kappa shape index (κ1) is 19.3. The van der Waals surface area contributed by atoms with Gasteiger partial charge in [-0.25, -0.2) is 8.42 Å². The number of amides is 1. The van der Waals surface area contributed by atoms with E-state index in [1.807, 2.05) is 0 Å². The van der Waals surface area contributed by atoms with Crippen molar-refractivity contribution in [1.29, 1.82) is 0 Å². The lowest BCUT2D eigenvalue weighted by atomic mass is 9.92. The van der Waals surface area contributed by atoms with E-state index < -0.39 is 16.1 Å². The summed E-state index contributed by atoms with van der Waals surface area (Å²) in [7, 11) is -3.69.